The van der Waals surface area contributed by atoms with Crippen LogP contribution in [0.5, 0.6) is 0 Å². The summed E-state index contributed by atoms with van der Waals surface area (Å²) in [6.45, 7) is 4.05. The number of hydrogen-bond acceptors (Lipinski definition) is 5. The lowest BCUT2D eigenvalue weighted by Gasteiger charge is -2.29. The zero-order valence-corrected chi connectivity index (χ0v) is 20.0. The average Bonchev–Trinajstić information content (AvgIpc) is 2.90. The Morgan fingerprint density at radius 1 is 1.12 bits per heavy atom. The fourth-order valence-corrected chi connectivity index (χ4v) is 5.23. The summed E-state index contributed by atoms with van der Waals surface area (Å²) < 4.78 is 27.9. The van der Waals surface area contributed by atoms with Gasteiger partial charge in [-0.1, -0.05) is 40.9 Å². The second-order valence-corrected chi connectivity index (χ2v) is 10.8. The highest BCUT2D eigenvalue weighted by atomic mass is 35.5. The summed E-state index contributed by atoms with van der Waals surface area (Å²) in [6, 6.07) is 9.86. The molecular formula is C21H23Cl2N3O5S. The van der Waals surface area contributed by atoms with Gasteiger partial charge in [-0.15, -0.1) is 0 Å². The fourth-order valence-electron chi connectivity index (χ4n) is 3.28. The lowest BCUT2D eigenvalue weighted by molar-refractivity contribution is -0.131. The van der Waals surface area contributed by atoms with Crippen LogP contribution in [0.1, 0.15) is 19.4 Å². The van der Waals surface area contributed by atoms with Gasteiger partial charge in [0.2, 0.25) is 0 Å². The Balaban J connectivity index is 1.96. The molecule has 2 aromatic carbocycles. The molecule has 172 valence electrons. The van der Waals surface area contributed by atoms with Crippen molar-refractivity contribution >= 4 is 50.9 Å². The summed E-state index contributed by atoms with van der Waals surface area (Å²) in [5.41, 5.74) is -0.172. The van der Waals surface area contributed by atoms with Gasteiger partial charge in [-0.3, -0.25) is 14.0 Å². The van der Waals surface area contributed by atoms with Gasteiger partial charge >= 0.3 is 6.03 Å². The smallest absolute Gasteiger partial charge is 0.325 e. The highest BCUT2D eigenvalue weighted by Gasteiger charge is 2.45. The maximum atomic E-state index is 13.5. The molecule has 0 unspecified atom stereocenters. The van der Waals surface area contributed by atoms with Crippen LogP contribution in [0, 0.1) is 6.92 Å². The van der Waals surface area contributed by atoms with E-state index >= 15 is 0 Å². The molecule has 3 amide bonds. The molecule has 0 radical (unpaired) electrons. The number of β-amino-alcohol motifs (C(OH)–C–C–N with tert-alkyl or cyclic N) is 1. The number of imide groups is 1. The monoisotopic (exact) mass is 499 g/mol. The Kier molecular flexibility index (Phi) is 6.76. The van der Waals surface area contributed by atoms with Gasteiger partial charge in [-0.05, 0) is 51.1 Å². The van der Waals surface area contributed by atoms with Crippen LogP contribution in [0.3, 0.4) is 0 Å². The number of aliphatic hydroxyl groups excluding tert-OH is 1. The van der Waals surface area contributed by atoms with E-state index in [1.54, 1.807) is 26.0 Å². The van der Waals surface area contributed by atoms with Crippen molar-refractivity contribution in [3.8, 4) is 0 Å². The van der Waals surface area contributed by atoms with Gasteiger partial charge in [-0.25, -0.2) is 13.2 Å². The van der Waals surface area contributed by atoms with Gasteiger partial charge in [0.15, 0.2) is 0 Å². The Bertz CT molecular complexity index is 1150. The van der Waals surface area contributed by atoms with Crippen molar-refractivity contribution in [2.75, 3.05) is 17.4 Å². The van der Waals surface area contributed by atoms with Crippen LogP contribution in [-0.2, 0) is 14.8 Å². The zero-order chi connectivity index (χ0) is 23.8. The first-order valence-corrected chi connectivity index (χ1v) is 11.9. The van der Waals surface area contributed by atoms with Gasteiger partial charge in [0.25, 0.3) is 15.9 Å². The maximum Gasteiger partial charge on any atom is 0.325 e. The van der Waals surface area contributed by atoms with Gasteiger partial charge < -0.3 is 10.4 Å². The molecule has 0 saturated carbocycles. The number of aryl methyl sites for hydroxylation is 1. The van der Waals surface area contributed by atoms with Gasteiger partial charge in [0, 0.05) is 5.02 Å². The Morgan fingerprint density at radius 3 is 2.31 bits per heavy atom. The summed E-state index contributed by atoms with van der Waals surface area (Å²) >= 11 is 12.3. The van der Waals surface area contributed by atoms with Crippen LogP contribution < -0.4 is 9.62 Å². The number of aliphatic hydroxyl groups is 1. The third-order valence-corrected chi connectivity index (χ3v) is 7.35. The molecule has 8 nitrogen and oxygen atoms in total. The number of rotatable bonds is 7. The molecule has 1 heterocycles. The van der Waals surface area contributed by atoms with E-state index in [1.165, 1.54) is 30.3 Å². The Labute approximate surface area is 196 Å². The van der Waals surface area contributed by atoms with Crippen LogP contribution in [0.25, 0.3) is 0 Å². The first kappa shape index (κ1) is 24.3. The molecule has 2 N–H and O–H groups in total. The third-order valence-electron chi connectivity index (χ3n) is 5.00. The van der Waals surface area contributed by atoms with Gasteiger partial charge in [-0.2, -0.15) is 0 Å². The lowest BCUT2D eigenvalue weighted by Crippen LogP contribution is -2.45. The molecule has 1 saturated heterocycles. The summed E-state index contributed by atoms with van der Waals surface area (Å²) in [4.78, 5) is 25.4. The van der Waals surface area contributed by atoms with Crippen molar-refractivity contribution in [3.63, 3.8) is 0 Å². The topological polar surface area (TPSA) is 107 Å². The zero-order valence-electron chi connectivity index (χ0n) is 17.7. The third kappa shape index (κ3) is 4.85. The van der Waals surface area contributed by atoms with Crippen LogP contribution >= 0.6 is 23.2 Å². The van der Waals surface area contributed by atoms with Crippen molar-refractivity contribution in [2.24, 2.45) is 0 Å². The number of carbonyl (C=O) groups excluding carboxylic acids is 2. The van der Waals surface area contributed by atoms with E-state index in [9.17, 15) is 23.1 Å². The SMILES string of the molecule is Cc1ccc(S(=O)(=O)N(C[C@H](O)CN2C(=O)NC(C)(C)C2=O)c2cc(Cl)ccc2Cl)cc1. The number of amides is 3. The molecule has 0 spiro atoms. The first-order chi connectivity index (χ1) is 14.8. The Hall–Kier alpha value is -2.33. The number of benzene rings is 2. The minimum atomic E-state index is -4.16. The second-order valence-electron chi connectivity index (χ2n) is 8.07. The number of carbonyl (C=O) groups is 2. The minimum Gasteiger partial charge on any atom is -0.389 e. The summed E-state index contributed by atoms with van der Waals surface area (Å²) in [5.74, 6) is -0.518. The van der Waals surface area contributed by atoms with E-state index in [0.717, 1.165) is 14.8 Å². The van der Waals surface area contributed by atoms with Gasteiger partial charge in [0.05, 0.1) is 34.8 Å². The largest absolute Gasteiger partial charge is 0.389 e. The molecule has 3 rings (SSSR count). The standard InChI is InChI=1S/C21H23Cl2N3O5S/c1-13-4-7-16(8-5-13)32(30,31)26(18-10-14(22)6-9-17(18)23)12-15(27)11-25-19(28)21(2,3)24-20(25)29/h4-10,15,27H,11-12H2,1-3H3,(H,24,29)/t15-/m1/s1. The normalized spacial score (nSPS) is 16.8. The molecule has 1 atom stereocenters. The maximum absolute atomic E-state index is 13.5. The van der Waals surface area contributed by atoms with Crippen LogP contribution in [-0.4, -0.2) is 55.1 Å². The van der Waals surface area contributed by atoms with Crippen molar-refractivity contribution in [3.05, 3.63) is 58.1 Å². The molecular weight excluding hydrogens is 477 g/mol. The summed E-state index contributed by atoms with van der Waals surface area (Å²) in [7, 11) is -4.16. The van der Waals surface area contributed by atoms with E-state index in [-0.39, 0.29) is 20.6 Å². The van der Waals surface area contributed by atoms with Crippen LogP contribution in [0.2, 0.25) is 10.0 Å². The number of halogens is 2. The summed E-state index contributed by atoms with van der Waals surface area (Å²) in [6.07, 6.45) is -1.39. The van der Waals surface area contributed by atoms with E-state index in [0.29, 0.717) is 0 Å². The van der Waals surface area contributed by atoms with Crippen molar-refractivity contribution in [2.45, 2.75) is 37.3 Å². The predicted molar refractivity (Wildman–Crippen MR) is 123 cm³/mol. The molecule has 1 aliphatic heterocycles. The molecule has 2 aromatic rings. The van der Waals surface area contributed by atoms with E-state index in [1.807, 2.05) is 6.92 Å². The molecule has 0 aromatic heterocycles. The van der Waals surface area contributed by atoms with E-state index in [2.05, 4.69) is 5.32 Å². The number of nitrogens with zero attached hydrogens (tertiary/aromatic N) is 2. The number of nitrogens with one attached hydrogen (secondary N) is 1. The Morgan fingerprint density at radius 2 is 1.75 bits per heavy atom. The quantitative estimate of drug-likeness (QED) is 0.568. The van der Waals surface area contributed by atoms with Crippen molar-refractivity contribution in [1.82, 2.24) is 10.2 Å². The van der Waals surface area contributed by atoms with Gasteiger partial charge in [0.1, 0.15) is 5.54 Å². The van der Waals surface area contributed by atoms with Crippen LogP contribution in [0.4, 0.5) is 10.5 Å². The number of urea groups is 1. The molecule has 0 bridgehead atoms. The van der Waals surface area contributed by atoms with E-state index < -0.39 is 46.7 Å². The van der Waals surface area contributed by atoms with Crippen molar-refractivity contribution in [1.29, 1.82) is 0 Å². The molecule has 11 heteroatoms. The van der Waals surface area contributed by atoms with Crippen LogP contribution in [0.15, 0.2) is 47.4 Å². The number of sulfonamides is 1. The average molecular weight is 500 g/mol. The predicted octanol–water partition coefficient (Wildman–Crippen LogP) is 3.19. The highest BCUT2D eigenvalue weighted by Crippen LogP contribution is 2.33. The molecule has 1 aliphatic rings. The summed E-state index contributed by atoms with van der Waals surface area (Å²) in [5, 5.41) is 13.6. The van der Waals surface area contributed by atoms with Crippen molar-refractivity contribution < 1.29 is 23.1 Å². The minimum absolute atomic E-state index is 0.0116. The second kappa shape index (κ2) is 8.90. The number of anilines is 1. The molecule has 32 heavy (non-hydrogen) atoms. The molecule has 0 aliphatic carbocycles. The van der Waals surface area contributed by atoms with E-state index in [4.69, 9.17) is 23.2 Å². The lowest BCUT2D eigenvalue weighted by atomic mass is 10.1. The highest BCUT2D eigenvalue weighted by molar-refractivity contribution is 7.92. The molecule has 1 fully saturated rings. The first-order valence-electron chi connectivity index (χ1n) is 9.69. The number of hydrogen-bond donors (Lipinski definition) is 2. The fraction of sp³-hybridized carbons (Fsp3) is 0.333.